The van der Waals surface area contributed by atoms with Crippen molar-refractivity contribution in [2.45, 2.75) is 18.6 Å². The Kier molecular flexibility index (Phi) is 5.97. The lowest BCUT2D eigenvalue weighted by Crippen LogP contribution is -2.43. The number of benzene rings is 1. The molecular weight excluding hydrogens is 330 g/mol. The molecule has 24 heavy (non-hydrogen) atoms. The Hall–Kier alpha value is -2.35. The van der Waals surface area contributed by atoms with Gasteiger partial charge in [0, 0.05) is 26.2 Å². The molecule has 1 unspecified atom stereocenters. The van der Waals surface area contributed by atoms with Crippen LogP contribution in [0.4, 0.5) is 5.69 Å². The van der Waals surface area contributed by atoms with Crippen LogP contribution < -0.4 is 5.32 Å². The summed E-state index contributed by atoms with van der Waals surface area (Å²) < 4.78 is 4.91. The maximum atomic E-state index is 12.4. The summed E-state index contributed by atoms with van der Waals surface area (Å²) in [4.78, 5) is 41.3. The SMILES string of the molecule is CCOC(=O)c1ccc(NC(=O)C2CC(=O)N(C)C(=NC)S2)cc1. The van der Waals surface area contributed by atoms with Crippen molar-refractivity contribution in [3.63, 3.8) is 0 Å². The fourth-order valence-corrected chi connectivity index (χ4v) is 3.14. The Labute approximate surface area is 144 Å². The Bertz CT molecular complexity index is 672. The van der Waals surface area contributed by atoms with E-state index in [1.54, 1.807) is 45.3 Å². The molecule has 1 atom stereocenters. The van der Waals surface area contributed by atoms with Crippen LogP contribution in [-0.2, 0) is 14.3 Å². The van der Waals surface area contributed by atoms with E-state index in [-0.39, 0.29) is 18.2 Å². The van der Waals surface area contributed by atoms with Crippen molar-refractivity contribution < 1.29 is 19.1 Å². The second-order valence-electron chi connectivity index (χ2n) is 5.06. The Morgan fingerprint density at radius 2 is 2.04 bits per heavy atom. The number of esters is 1. The summed E-state index contributed by atoms with van der Waals surface area (Å²) in [5.74, 6) is -0.825. The first-order valence-corrected chi connectivity index (χ1v) is 8.32. The molecule has 1 saturated heterocycles. The molecule has 0 aliphatic carbocycles. The molecule has 0 radical (unpaired) electrons. The molecule has 2 amide bonds. The van der Waals surface area contributed by atoms with Crippen LogP contribution in [-0.4, -0.2) is 53.8 Å². The van der Waals surface area contributed by atoms with Gasteiger partial charge in [0.15, 0.2) is 5.17 Å². The Morgan fingerprint density at radius 1 is 1.38 bits per heavy atom. The van der Waals surface area contributed by atoms with Gasteiger partial charge in [-0.1, -0.05) is 11.8 Å². The standard InChI is InChI=1S/C16H19N3O4S/c1-4-23-15(22)10-5-7-11(8-6-10)18-14(21)12-9-13(20)19(3)16(17-2)24-12/h5-8,12H,4,9H2,1-3H3,(H,18,21). The van der Waals surface area contributed by atoms with Crippen LogP contribution in [0.2, 0.25) is 0 Å². The molecule has 0 spiro atoms. The molecule has 2 rings (SSSR count). The largest absolute Gasteiger partial charge is 0.462 e. The van der Waals surface area contributed by atoms with E-state index in [9.17, 15) is 14.4 Å². The van der Waals surface area contributed by atoms with Crippen molar-refractivity contribution in [2.75, 3.05) is 26.0 Å². The molecule has 1 aliphatic heterocycles. The molecule has 0 saturated carbocycles. The first-order chi connectivity index (χ1) is 11.5. The summed E-state index contributed by atoms with van der Waals surface area (Å²) in [6, 6.07) is 6.42. The molecule has 1 aromatic rings. The van der Waals surface area contributed by atoms with E-state index in [2.05, 4.69) is 10.3 Å². The minimum absolute atomic E-state index is 0.118. The van der Waals surface area contributed by atoms with Gasteiger partial charge in [-0.05, 0) is 31.2 Å². The molecule has 1 aromatic carbocycles. The average Bonchev–Trinajstić information content (AvgIpc) is 2.58. The number of nitrogens with zero attached hydrogens (tertiary/aromatic N) is 2. The molecule has 8 heteroatoms. The minimum atomic E-state index is -0.530. The van der Waals surface area contributed by atoms with Crippen LogP contribution in [0.5, 0.6) is 0 Å². The highest BCUT2D eigenvalue weighted by molar-refractivity contribution is 8.15. The van der Waals surface area contributed by atoms with Crippen LogP contribution >= 0.6 is 11.8 Å². The zero-order valence-electron chi connectivity index (χ0n) is 13.7. The van der Waals surface area contributed by atoms with E-state index in [1.807, 2.05) is 0 Å². The molecule has 0 aromatic heterocycles. The number of amides is 2. The predicted molar refractivity (Wildman–Crippen MR) is 93.2 cm³/mol. The van der Waals surface area contributed by atoms with Gasteiger partial charge in [0.05, 0.1) is 12.2 Å². The van der Waals surface area contributed by atoms with Gasteiger partial charge in [-0.15, -0.1) is 0 Å². The van der Waals surface area contributed by atoms with E-state index >= 15 is 0 Å². The van der Waals surface area contributed by atoms with Gasteiger partial charge in [-0.25, -0.2) is 4.79 Å². The van der Waals surface area contributed by atoms with E-state index < -0.39 is 11.2 Å². The number of thioether (sulfide) groups is 1. The smallest absolute Gasteiger partial charge is 0.338 e. The number of ether oxygens (including phenoxy) is 1. The molecule has 1 heterocycles. The van der Waals surface area contributed by atoms with Crippen molar-refractivity contribution >= 4 is 40.4 Å². The number of carbonyl (C=O) groups excluding carboxylic acids is 3. The van der Waals surface area contributed by atoms with Crippen LogP contribution in [0.25, 0.3) is 0 Å². The number of nitrogens with one attached hydrogen (secondary N) is 1. The summed E-state index contributed by atoms with van der Waals surface area (Å²) >= 11 is 1.25. The van der Waals surface area contributed by atoms with Crippen molar-refractivity contribution in [1.29, 1.82) is 0 Å². The monoisotopic (exact) mass is 349 g/mol. The van der Waals surface area contributed by atoms with E-state index in [0.717, 1.165) is 0 Å². The van der Waals surface area contributed by atoms with Gasteiger partial charge < -0.3 is 10.1 Å². The number of carbonyl (C=O) groups is 3. The zero-order chi connectivity index (χ0) is 17.7. The van der Waals surface area contributed by atoms with Gasteiger partial charge in [-0.3, -0.25) is 19.5 Å². The topological polar surface area (TPSA) is 88.1 Å². The maximum Gasteiger partial charge on any atom is 0.338 e. The third kappa shape index (κ3) is 4.14. The molecule has 1 aliphatic rings. The summed E-state index contributed by atoms with van der Waals surface area (Å²) in [6.07, 6.45) is 0.118. The summed E-state index contributed by atoms with van der Waals surface area (Å²) in [6.45, 7) is 2.04. The molecule has 7 nitrogen and oxygen atoms in total. The number of rotatable bonds is 4. The Balaban J connectivity index is 2.02. The number of anilines is 1. The van der Waals surface area contributed by atoms with Crippen molar-refractivity contribution in [2.24, 2.45) is 4.99 Å². The lowest BCUT2D eigenvalue weighted by Gasteiger charge is -2.28. The van der Waals surface area contributed by atoms with E-state index in [1.165, 1.54) is 16.7 Å². The molecule has 1 fully saturated rings. The first-order valence-electron chi connectivity index (χ1n) is 7.44. The summed E-state index contributed by atoms with van der Waals surface area (Å²) in [5.41, 5.74) is 0.967. The van der Waals surface area contributed by atoms with Gasteiger partial charge in [0.25, 0.3) is 0 Å². The van der Waals surface area contributed by atoms with Crippen molar-refractivity contribution in [3.8, 4) is 0 Å². The quantitative estimate of drug-likeness (QED) is 0.837. The summed E-state index contributed by atoms with van der Waals surface area (Å²) in [5, 5.41) is 2.74. The fraction of sp³-hybridized carbons (Fsp3) is 0.375. The van der Waals surface area contributed by atoms with Crippen LogP contribution in [0, 0.1) is 0 Å². The first kappa shape index (κ1) is 18.0. The average molecular weight is 349 g/mol. The van der Waals surface area contributed by atoms with Gasteiger partial charge >= 0.3 is 5.97 Å². The lowest BCUT2D eigenvalue weighted by molar-refractivity contribution is -0.128. The minimum Gasteiger partial charge on any atom is -0.462 e. The highest BCUT2D eigenvalue weighted by Gasteiger charge is 2.33. The third-order valence-electron chi connectivity index (χ3n) is 3.42. The highest BCUT2D eigenvalue weighted by Crippen LogP contribution is 2.26. The number of hydrogen-bond donors (Lipinski definition) is 1. The van der Waals surface area contributed by atoms with Crippen LogP contribution in [0.15, 0.2) is 29.3 Å². The zero-order valence-corrected chi connectivity index (χ0v) is 14.6. The number of hydrogen-bond acceptors (Lipinski definition) is 6. The predicted octanol–water partition coefficient (Wildman–Crippen LogP) is 1.75. The van der Waals surface area contributed by atoms with E-state index in [4.69, 9.17) is 4.74 Å². The van der Waals surface area contributed by atoms with Gasteiger partial charge in [0.1, 0.15) is 5.25 Å². The van der Waals surface area contributed by atoms with Gasteiger partial charge in [-0.2, -0.15) is 0 Å². The van der Waals surface area contributed by atoms with E-state index in [0.29, 0.717) is 23.0 Å². The van der Waals surface area contributed by atoms with Gasteiger partial charge in [0.2, 0.25) is 11.8 Å². The number of aliphatic imine (C=N–C) groups is 1. The summed E-state index contributed by atoms with van der Waals surface area (Å²) in [7, 11) is 3.22. The number of amidine groups is 1. The highest BCUT2D eigenvalue weighted by atomic mass is 32.2. The lowest BCUT2D eigenvalue weighted by atomic mass is 10.2. The second kappa shape index (κ2) is 7.96. The maximum absolute atomic E-state index is 12.4. The molecular formula is C16H19N3O4S. The van der Waals surface area contributed by atoms with Crippen molar-refractivity contribution in [1.82, 2.24) is 4.90 Å². The van der Waals surface area contributed by atoms with Crippen LogP contribution in [0.1, 0.15) is 23.7 Å². The fourth-order valence-electron chi connectivity index (χ4n) is 2.13. The molecule has 0 bridgehead atoms. The third-order valence-corrected chi connectivity index (χ3v) is 4.75. The normalized spacial score (nSPS) is 19.3. The van der Waals surface area contributed by atoms with Crippen LogP contribution in [0.3, 0.4) is 0 Å². The second-order valence-corrected chi connectivity index (χ2v) is 6.23. The van der Waals surface area contributed by atoms with Crippen molar-refractivity contribution in [3.05, 3.63) is 29.8 Å². The molecule has 1 N–H and O–H groups in total. The molecule has 128 valence electrons. The Morgan fingerprint density at radius 3 is 2.62 bits per heavy atom.